The van der Waals surface area contributed by atoms with Crippen LogP contribution in [0.15, 0.2) is 42.5 Å². The number of hydrogen-bond acceptors (Lipinski definition) is 1. The Labute approximate surface area is 125 Å². The van der Waals surface area contributed by atoms with Crippen molar-refractivity contribution < 1.29 is 9.18 Å². The number of carbonyl (C=O) groups excluding carboxylic acids is 1. The summed E-state index contributed by atoms with van der Waals surface area (Å²) in [5.74, 6) is -0.618. The Bertz CT molecular complexity index is 637. The summed E-state index contributed by atoms with van der Waals surface area (Å²) in [6, 6.07) is 12.1. The number of halogens is 1. The molecule has 1 amide bonds. The van der Waals surface area contributed by atoms with E-state index in [1.165, 1.54) is 28.8 Å². The van der Waals surface area contributed by atoms with E-state index in [0.717, 1.165) is 12.8 Å². The molecule has 0 fully saturated rings. The molecule has 0 spiro atoms. The van der Waals surface area contributed by atoms with Crippen LogP contribution in [0.3, 0.4) is 0 Å². The van der Waals surface area contributed by atoms with Crippen molar-refractivity contribution in [3.8, 4) is 0 Å². The molecule has 0 aliphatic rings. The van der Waals surface area contributed by atoms with Crippen LogP contribution in [0.25, 0.3) is 0 Å². The van der Waals surface area contributed by atoms with Gasteiger partial charge in [0.05, 0.1) is 0 Å². The first-order chi connectivity index (χ1) is 10.1. The topological polar surface area (TPSA) is 29.1 Å². The number of carbonyl (C=O) groups is 1. The van der Waals surface area contributed by atoms with Gasteiger partial charge in [0, 0.05) is 12.1 Å². The summed E-state index contributed by atoms with van der Waals surface area (Å²) in [4.78, 5) is 11.8. The Morgan fingerprint density at radius 2 is 1.95 bits per heavy atom. The van der Waals surface area contributed by atoms with E-state index in [1.54, 1.807) is 12.1 Å². The zero-order chi connectivity index (χ0) is 15.2. The van der Waals surface area contributed by atoms with Crippen molar-refractivity contribution >= 4 is 5.91 Å². The van der Waals surface area contributed by atoms with E-state index in [0.29, 0.717) is 12.1 Å². The highest BCUT2D eigenvalue weighted by atomic mass is 19.1. The van der Waals surface area contributed by atoms with Gasteiger partial charge in [0.1, 0.15) is 5.82 Å². The minimum atomic E-state index is -0.391. The molecular weight excluding hydrogens is 265 g/mol. The molecule has 21 heavy (non-hydrogen) atoms. The zero-order valence-electron chi connectivity index (χ0n) is 12.4. The van der Waals surface area contributed by atoms with Gasteiger partial charge in [-0.2, -0.15) is 0 Å². The number of amides is 1. The van der Waals surface area contributed by atoms with Gasteiger partial charge in [-0.1, -0.05) is 29.8 Å². The lowest BCUT2D eigenvalue weighted by atomic mass is 10.0. The molecule has 2 nitrogen and oxygen atoms in total. The molecule has 2 aromatic carbocycles. The van der Waals surface area contributed by atoms with Crippen LogP contribution >= 0.6 is 0 Å². The van der Waals surface area contributed by atoms with Crippen LogP contribution in [0.1, 0.15) is 33.5 Å². The largest absolute Gasteiger partial charge is 0.352 e. The Morgan fingerprint density at radius 3 is 2.67 bits per heavy atom. The van der Waals surface area contributed by atoms with Crippen molar-refractivity contribution in [3.05, 3.63) is 70.5 Å². The molecule has 0 atom stereocenters. The SMILES string of the molecule is Cc1ccc(CCCNC(=O)c2cccc(F)c2)c(C)c1. The number of nitrogens with one attached hydrogen (secondary N) is 1. The lowest BCUT2D eigenvalue weighted by molar-refractivity contribution is 0.0953. The van der Waals surface area contributed by atoms with E-state index in [2.05, 4.69) is 37.4 Å². The first-order valence-corrected chi connectivity index (χ1v) is 7.16. The summed E-state index contributed by atoms with van der Waals surface area (Å²) in [5.41, 5.74) is 4.21. The fourth-order valence-electron chi connectivity index (χ4n) is 2.34. The second-order valence-electron chi connectivity index (χ2n) is 5.30. The van der Waals surface area contributed by atoms with Crippen molar-refractivity contribution in [3.63, 3.8) is 0 Å². The molecular formula is C18H20FNO. The van der Waals surface area contributed by atoms with Gasteiger partial charge in [-0.15, -0.1) is 0 Å². The van der Waals surface area contributed by atoms with E-state index in [4.69, 9.17) is 0 Å². The van der Waals surface area contributed by atoms with Gasteiger partial charge >= 0.3 is 0 Å². The number of hydrogen-bond donors (Lipinski definition) is 1. The maximum atomic E-state index is 13.0. The van der Waals surface area contributed by atoms with Gasteiger partial charge in [-0.05, 0) is 56.0 Å². The number of rotatable bonds is 5. The van der Waals surface area contributed by atoms with E-state index in [-0.39, 0.29) is 5.91 Å². The minimum Gasteiger partial charge on any atom is -0.352 e. The molecule has 0 aromatic heterocycles. The van der Waals surface area contributed by atoms with Gasteiger partial charge in [0.15, 0.2) is 0 Å². The predicted molar refractivity (Wildman–Crippen MR) is 83.0 cm³/mol. The molecule has 0 saturated carbocycles. The van der Waals surface area contributed by atoms with E-state index in [1.807, 2.05) is 0 Å². The summed E-state index contributed by atoms with van der Waals surface area (Å²) in [6.07, 6.45) is 1.79. The number of aryl methyl sites for hydroxylation is 3. The second kappa shape index (κ2) is 7.02. The van der Waals surface area contributed by atoms with Gasteiger partial charge in [-0.3, -0.25) is 4.79 Å². The van der Waals surface area contributed by atoms with Crippen molar-refractivity contribution in [1.29, 1.82) is 0 Å². The Morgan fingerprint density at radius 1 is 1.14 bits per heavy atom. The Hall–Kier alpha value is -2.16. The molecule has 110 valence electrons. The monoisotopic (exact) mass is 285 g/mol. The molecule has 3 heteroatoms. The summed E-state index contributed by atoms with van der Waals surface area (Å²) in [5, 5.41) is 2.82. The maximum Gasteiger partial charge on any atom is 0.251 e. The van der Waals surface area contributed by atoms with Crippen LogP contribution in [0.5, 0.6) is 0 Å². The molecule has 2 rings (SSSR count). The molecule has 0 radical (unpaired) electrons. The third-order valence-electron chi connectivity index (χ3n) is 3.49. The third kappa shape index (κ3) is 4.42. The highest BCUT2D eigenvalue weighted by Crippen LogP contribution is 2.12. The highest BCUT2D eigenvalue weighted by molar-refractivity contribution is 5.94. The normalized spacial score (nSPS) is 10.4. The fourth-order valence-corrected chi connectivity index (χ4v) is 2.34. The quantitative estimate of drug-likeness (QED) is 0.832. The summed E-state index contributed by atoms with van der Waals surface area (Å²) in [6.45, 7) is 4.77. The first-order valence-electron chi connectivity index (χ1n) is 7.16. The average molecular weight is 285 g/mol. The van der Waals surface area contributed by atoms with Crippen LogP contribution in [-0.2, 0) is 6.42 Å². The lowest BCUT2D eigenvalue weighted by Crippen LogP contribution is -2.24. The maximum absolute atomic E-state index is 13.0. The van der Waals surface area contributed by atoms with Crippen LogP contribution in [0.4, 0.5) is 4.39 Å². The predicted octanol–water partition coefficient (Wildman–Crippen LogP) is 3.81. The molecule has 1 N–H and O–H groups in total. The zero-order valence-corrected chi connectivity index (χ0v) is 12.4. The second-order valence-corrected chi connectivity index (χ2v) is 5.30. The van der Waals surface area contributed by atoms with Crippen LogP contribution < -0.4 is 5.32 Å². The van der Waals surface area contributed by atoms with Gasteiger partial charge in [-0.25, -0.2) is 4.39 Å². The molecule has 0 aliphatic carbocycles. The van der Waals surface area contributed by atoms with Gasteiger partial charge in [0.25, 0.3) is 5.91 Å². The summed E-state index contributed by atoms with van der Waals surface area (Å²) >= 11 is 0. The first kappa shape index (κ1) is 15.2. The molecule has 2 aromatic rings. The lowest BCUT2D eigenvalue weighted by Gasteiger charge is -2.08. The van der Waals surface area contributed by atoms with E-state index < -0.39 is 5.82 Å². The van der Waals surface area contributed by atoms with Crippen LogP contribution in [0, 0.1) is 19.7 Å². The summed E-state index contributed by atoms with van der Waals surface area (Å²) in [7, 11) is 0. The highest BCUT2D eigenvalue weighted by Gasteiger charge is 2.05. The van der Waals surface area contributed by atoms with E-state index >= 15 is 0 Å². The molecule has 0 saturated heterocycles. The van der Waals surface area contributed by atoms with Gasteiger partial charge < -0.3 is 5.32 Å². The Kier molecular flexibility index (Phi) is 5.09. The van der Waals surface area contributed by atoms with Gasteiger partial charge in [0.2, 0.25) is 0 Å². The molecule has 0 heterocycles. The van der Waals surface area contributed by atoms with Crippen molar-refractivity contribution in [1.82, 2.24) is 5.32 Å². The smallest absolute Gasteiger partial charge is 0.251 e. The number of benzene rings is 2. The standard InChI is InChI=1S/C18H20FNO/c1-13-8-9-15(14(2)11-13)6-4-10-20-18(21)16-5-3-7-17(19)12-16/h3,5,7-9,11-12H,4,6,10H2,1-2H3,(H,20,21). The summed E-state index contributed by atoms with van der Waals surface area (Å²) < 4.78 is 13.0. The Balaban J connectivity index is 1.80. The third-order valence-corrected chi connectivity index (χ3v) is 3.49. The molecule has 0 unspecified atom stereocenters. The van der Waals surface area contributed by atoms with Crippen LogP contribution in [0.2, 0.25) is 0 Å². The fraction of sp³-hybridized carbons (Fsp3) is 0.278. The van der Waals surface area contributed by atoms with Crippen molar-refractivity contribution in [2.24, 2.45) is 0 Å². The molecule has 0 bridgehead atoms. The van der Waals surface area contributed by atoms with E-state index in [9.17, 15) is 9.18 Å². The minimum absolute atomic E-state index is 0.227. The van der Waals surface area contributed by atoms with Crippen molar-refractivity contribution in [2.45, 2.75) is 26.7 Å². The molecule has 0 aliphatic heterocycles. The van der Waals surface area contributed by atoms with Crippen LogP contribution in [-0.4, -0.2) is 12.5 Å². The average Bonchev–Trinajstić information content (AvgIpc) is 2.45. The van der Waals surface area contributed by atoms with Crippen molar-refractivity contribution in [2.75, 3.05) is 6.54 Å².